The smallest absolute Gasteiger partial charge is 0.408 e. The molecule has 3 aliphatic heterocycles. The van der Waals surface area contributed by atoms with Crippen LogP contribution in [0.1, 0.15) is 156 Å². The van der Waals surface area contributed by atoms with Crippen LogP contribution >= 0.6 is 33.3 Å². The van der Waals surface area contributed by atoms with Crippen molar-refractivity contribution in [3.63, 3.8) is 0 Å². The minimum Gasteiger partial charge on any atom is -0.455 e. The number of carbonyl (C=O) groups excluding carboxylic acids is 10. The zero-order valence-corrected chi connectivity index (χ0v) is 72.4. The van der Waals surface area contributed by atoms with Gasteiger partial charge >= 0.3 is 42.0 Å². The first-order chi connectivity index (χ1) is 57.1. The quantitative estimate of drug-likeness (QED) is 0.00506. The molecule has 36 heteroatoms. The Morgan fingerprint density at radius 3 is 2.12 bits per heavy atom. The first-order valence-corrected chi connectivity index (χ1v) is 44.2. The molecule has 15 atom stereocenters. The number of aliphatic hydroxyl groups is 2. The summed E-state index contributed by atoms with van der Waals surface area (Å²) in [5.74, 6) is -3.92. The van der Waals surface area contributed by atoms with Crippen molar-refractivity contribution in [2.45, 2.75) is 234 Å². The lowest BCUT2D eigenvalue weighted by molar-refractivity contribution is -0.346. The summed E-state index contributed by atoms with van der Waals surface area (Å²) in [5.41, 5.74) is -8.18. The molecule has 5 amide bonds. The number of unbranched alkanes of at least 4 members (excludes halogenated alkanes) is 1. The van der Waals surface area contributed by atoms with Crippen LogP contribution in [0, 0.1) is 35.0 Å². The average Bonchev–Trinajstić information content (AvgIpc) is 1.10. The third kappa shape index (κ3) is 24.1. The predicted octanol–water partition coefficient (Wildman–Crippen LogP) is 7.28. The van der Waals surface area contributed by atoms with Gasteiger partial charge < -0.3 is 100 Å². The Hall–Kier alpha value is -8.80. The number of esters is 5. The van der Waals surface area contributed by atoms with Crippen LogP contribution in [0.3, 0.4) is 0 Å². The number of terminal acetylenes is 1. The Balaban J connectivity index is 0.729. The van der Waals surface area contributed by atoms with E-state index in [-0.39, 0.29) is 109 Å². The number of aromatic nitrogens is 3. The van der Waals surface area contributed by atoms with Crippen LogP contribution in [0.15, 0.2) is 82.3 Å². The lowest BCUT2D eigenvalue weighted by Crippen LogP contribution is -2.82. The van der Waals surface area contributed by atoms with Gasteiger partial charge in [-0.15, -0.1) is 6.42 Å². The molecule has 7 aliphatic rings. The molecule has 6 fully saturated rings. The minimum absolute atomic E-state index is 0.0109. The van der Waals surface area contributed by atoms with Crippen molar-refractivity contribution in [1.82, 2.24) is 41.5 Å². The number of amides is 5. The first kappa shape index (κ1) is 93.5. The minimum atomic E-state index is -2.52. The highest BCUT2D eigenvalue weighted by Gasteiger charge is 2.78. The summed E-state index contributed by atoms with van der Waals surface area (Å²) in [7, 11) is 2.83. The lowest BCUT2D eigenvalue weighted by atomic mass is 9.44. The van der Waals surface area contributed by atoms with E-state index >= 15 is 9.59 Å². The Morgan fingerprint density at radius 1 is 0.808 bits per heavy atom. The SMILES string of the molecule is C#CCNc1nc(NCCNC(=O)CCC(C)SSc2ccccc2CC(=O)O[C@@H](C(=O)O[C@H]2C[C@@]3(O)[C@@H](OC(=O)c4ccccc4)[C@@H]4[C@]5(OC(C)=O)CO[C@@H]5C[C@H](O)[C@@]4(C)C(=O)[C@H](OC(=O)C4CC4)C(=C2C)C3(C)C)[C@H](C=C(C)C)NC(=O)OC(C)(C)C)nc(NCCOCCOCCOCCNC(=O)CCCC[C@@H]2SC[C@@H]3NC(=O)N[C@@H]32)n1. The molecule has 4 heterocycles. The monoisotopic (exact) mass is 1730 g/mol. The van der Waals surface area contributed by atoms with Gasteiger partial charge in [-0.3, -0.25) is 28.8 Å². The number of anilines is 3. The maximum absolute atomic E-state index is 16.2. The number of carbonyl (C=O) groups is 10. The second-order valence-electron chi connectivity index (χ2n) is 33.0. The van der Waals surface area contributed by atoms with E-state index in [1.807, 2.05) is 24.8 Å². The number of ketones is 1. The number of fused-ring (bicyclic) bond motifs is 6. The summed E-state index contributed by atoms with van der Waals surface area (Å²) in [5, 5.41) is 50.7. The van der Waals surface area contributed by atoms with E-state index in [4.69, 9.17) is 53.8 Å². The second kappa shape index (κ2) is 42.3. The molecule has 4 aliphatic carbocycles. The number of hydrogen-bond acceptors (Lipinski definition) is 31. The Morgan fingerprint density at radius 2 is 1.46 bits per heavy atom. The molecular weight excluding hydrogens is 1610 g/mol. The number of aliphatic hydroxyl groups excluding tert-OH is 1. The molecule has 656 valence electrons. The molecule has 10 rings (SSSR count). The van der Waals surface area contributed by atoms with Gasteiger partial charge in [0.05, 0.1) is 106 Å². The third-order valence-electron chi connectivity index (χ3n) is 22.3. The highest BCUT2D eigenvalue weighted by Crippen LogP contribution is 2.65. The van der Waals surface area contributed by atoms with Crippen molar-refractivity contribution < 1.29 is 106 Å². The number of alkyl carbamates (subject to hydrolysis) is 1. The molecule has 0 spiro atoms. The number of ether oxygens (including phenoxy) is 10. The number of benzene rings is 2. The van der Waals surface area contributed by atoms with Crippen LogP contribution in [0.5, 0.6) is 0 Å². The van der Waals surface area contributed by atoms with Crippen molar-refractivity contribution >= 4 is 111 Å². The molecule has 2 aromatic carbocycles. The average molecular weight is 1730 g/mol. The fraction of sp³-hybridized carbons (Fsp3) is 0.631. The number of urea groups is 1. The highest BCUT2D eigenvalue weighted by molar-refractivity contribution is 8.77. The molecule has 1 unspecified atom stereocenters. The summed E-state index contributed by atoms with van der Waals surface area (Å²) in [6, 6.07) is 13.6. The normalized spacial score (nSPS) is 25.7. The molecule has 33 nitrogen and oxygen atoms in total. The summed E-state index contributed by atoms with van der Waals surface area (Å²) >= 11 is 1.87. The van der Waals surface area contributed by atoms with E-state index in [9.17, 15) is 48.6 Å². The second-order valence-corrected chi connectivity index (χ2v) is 37.0. The van der Waals surface area contributed by atoms with Crippen molar-refractivity contribution in [2.75, 3.05) is 101 Å². The number of hydrogen-bond donors (Lipinski definition) is 10. The van der Waals surface area contributed by atoms with Gasteiger partial charge in [0.1, 0.15) is 29.5 Å². The summed E-state index contributed by atoms with van der Waals surface area (Å²) < 4.78 is 60.5. The van der Waals surface area contributed by atoms with Gasteiger partial charge in [0.2, 0.25) is 35.8 Å². The highest BCUT2D eigenvalue weighted by atomic mass is 33.1. The van der Waals surface area contributed by atoms with Gasteiger partial charge in [-0.05, 0) is 115 Å². The van der Waals surface area contributed by atoms with Crippen molar-refractivity contribution in [3.05, 3.63) is 88.5 Å². The van der Waals surface area contributed by atoms with E-state index in [0.717, 1.165) is 31.9 Å². The number of rotatable bonds is 43. The molecule has 0 radical (unpaired) electrons. The molecule has 1 aromatic heterocycles. The van der Waals surface area contributed by atoms with Gasteiger partial charge in [0.15, 0.2) is 17.5 Å². The number of nitrogens with zero attached hydrogens (tertiary/aromatic N) is 3. The topological polar surface area (TPSA) is 438 Å². The van der Waals surface area contributed by atoms with Crippen LogP contribution in [-0.2, 0) is 87.4 Å². The maximum Gasteiger partial charge on any atom is 0.408 e. The van der Waals surface area contributed by atoms with E-state index in [1.165, 1.54) is 53.6 Å². The number of nitrogens with one attached hydrogen (secondary N) is 8. The Bertz CT molecular complexity index is 4260. The summed E-state index contributed by atoms with van der Waals surface area (Å²) in [4.78, 5) is 154. The molecular formula is C84H115N11O22S3. The Labute approximate surface area is 711 Å². The zero-order valence-electron chi connectivity index (χ0n) is 70.0. The number of allylic oxidation sites excluding steroid dienone is 1. The molecule has 3 saturated carbocycles. The largest absolute Gasteiger partial charge is 0.455 e. The Kier molecular flexibility index (Phi) is 33.0. The number of Topliss-reactive ketones (excluding diaryl/α,β-unsaturated/α-hetero) is 1. The van der Waals surface area contributed by atoms with E-state index in [2.05, 4.69) is 63.4 Å². The molecule has 2 bridgehead atoms. The molecule has 3 aromatic rings. The van der Waals surface area contributed by atoms with Crippen molar-refractivity contribution in [3.8, 4) is 12.3 Å². The number of thioether (sulfide) groups is 1. The fourth-order valence-electron chi connectivity index (χ4n) is 16.1. The third-order valence-corrected chi connectivity index (χ3v) is 26.9. The van der Waals surface area contributed by atoms with Gasteiger partial charge in [-0.1, -0.05) is 103 Å². The van der Waals surface area contributed by atoms with E-state index in [0.29, 0.717) is 99.7 Å². The van der Waals surface area contributed by atoms with Gasteiger partial charge in [-0.25, -0.2) is 19.2 Å². The van der Waals surface area contributed by atoms with Gasteiger partial charge in [-0.2, -0.15) is 26.7 Å². The van der Waals surface area contributed by atoms with Crippen molar-refractivity contribution in [2.24, 2.45) is 22.7 Å². The molecule has 3 saturated heterocycles. The van der Waals surface area contributed by atoms with Crippen molar-refractivity contribution in [1.29, 1.82) is 0 Å². The van der Waals surface area contributed by atoms with E-state index < -0.39 is 137 Å². The van der Waals surface area contributed by atoms with Crippen LogP contribution in [0.25, 0.3) is 0 Å². The van der Waals surface area contributed by atoms with Crippen LogP contribution in [0.2, 0.25) is 0 Å². The van der Waals surface area contributed by atoms with Gasteiger partial charge in [0.25, 0.3) is 0 Å². The first-order valence-electron chi connectivity index (χ1n) is 40.9. The summed E-state index contributed by atoms with van der Waals surface area (Å²) in [6.45, 7) is 20.6. The molecule has 10 N–H and O–H groups in total. The molecule has 120 heavy (non-hydrogen) atoms. The van der Waals surface area contributed by atoms with E-state index in [1.54, 1.807) is 84.9 Å². The summed E-state index contributed by atoms with van der Waals surface area (Å²) in [6.07, 6.45) is -0.843. The van der Waals surface area contributed by atoms with Crippen LogP contribution < -0.4 is 42.5 Å². The fourth-order valence-corrected chi connectivity index (χ4v) is 20.0. The maximum atomic E-state index is 16.2. The standard InChI is InChI=1S/C84H115N11O22S3/c1-13-31-87-75-93-76(95-77(94-75)89-35-37-109-39-41-110-40-38-108-36-34-86-62(98)26-20-19-25-59-66-56(46-118-59)90-78(105)92-66)88-33-32-85-63(99)30-27-49(4)119-120-58-24-18-17-23-54(58)43-64(100)113-67(55(42-48(2)3)91-79(106)117-80(7,8)9)74(104)112-57-45-84(107)71(115-73(103)52-21-15-14-16-22-52)69-82(12,60(97)44-61-83(69,47-111-61)116-51(6)96)70(101)68(114-72(102)53-28-29-53)65(50(57)5)81(84,10)11/h1,14-18,21-24,42,49,53,55-57,59-61,66-69,71,97,107H,19-20,25-41,43-47H2,2-12H3,(H,85,99)(H,86,98)(H,91,106)(H2,90,92,105)(H3,87,88,89,93,94,95)/t49?,55-,56-,57-,59-,60-,61+,66-,67+,68+,69-,71-,82+,83-,84+/m0/s1. The predicted molar refractivity (Wildman–Crippen MR) is 447 cm³/mol. The zero-order chi connectivity index (χ0) is 86.7. The van der Waals surface area contributed by atoms with Crippen LogP contribution in [0.4, 0.5) is 27.4 Å². The lowest BCUT2D eigenvalue weighted by Gasteiger charge is -2.67. The van der Waals surface area contributed by atoms with Crippen LogP contribution in [-0.4, -0.2) is 252 Å². The van der Waals surface area contributed by atoms with Gasteiger partial charge in [0, 0.05) is 85.3 Å².